The summed E-state index contributed by atoms with van der Waals surface area (Å²) in [5.74, 6) is -0.0894. The standard InChI is InChI=1S/C18H20N4O/c1-12-4-5-14-9-16(13(2)21-17(14)8-12)18(23)19-7-6-15-10-22(3)11-20-15/h4-5,8-11H,6-7H2,1-3H3,(H,19,23). The van der Waals surface area contributed by atoms with Gasteiger partial charge < -0.3 is 9.88 Å². The van der Waals surface area contributed by atoms with E-state index < -0.39 is 0 Å². The lowest BCUT2D eigenvalue weighted by atomic mass is 10.1. The monoisotopic (exact) mass is 308 g/mol. The van der Waals surface area contributed by atoms with Gasteiger partial charge in [-0.2, -0.15) is 0 Å². The molecule has 3 aromatic rings. The van der Waals surface area contributed by atoms with E-state index in [1.54, 1.807) is 6.33 Å². The Balaban J connectivity index is 1.72. The Morgan fingerprint density at radius 2 is 2.09 bits per heavy atom. The fraction of sp³-hybridized carbons (Fsp3) is 0.278. The lowest BCUT2D eigenvalue weighted by Crippen LogP contribution is -2.26. The van der Waals surface area contributed by atoms with Crippen molar-refractivity contribution in [2.24, 2.45) is 7.05 Å². The van der Waals surface area contributed by atoms with Crippen LogP contribution < -0.4 is 5.32 Å². The Morgan fingerprint density at radius 3 is 2.83 bits per heavy atom. The second kappa shape index (κ2) is 6.20. The third-order valence-electron chi connectivity index (χ3n) is 3.83. The minimum absolute atomic E-state index is 0.0894. The van der Waals surface area contributed by atoms with Gasteiger partial charge in [0, 0.05) is 31.6 Å². The van der Waals surface area contributed by atoms with E-state index in [4.69, 9.17) is 0 Å². The van der Waals surface area contributed by atoms with Gasteiger partial charge in [0.15, 0.2) is 0 Å². The van der Waals surface area contributed by atoms with E-state index >= 15 is 0 Å². The van der Waals surface area contributed by atoms with E-state index in [1.165, 1.54) is 0 Å². The highest BCUT2D eigenvalue weighted by Crippen LogP contribution is 2.18. The second-order valence-electron chi connectivity index (χ2n) is 5.85. The van der Waals surface area contributed by atoms with Crippen molar-refractivity contribution in [2.45, 2.75) is 20.3 Å². The lowest BCUT2D eigenvalue weighted by Gasteiger charge is -2.09. The first-order chi connectivity index (χ1) is 11.0. The first kappa shape index (κ1) is 15.2. The number of fused-ring (bicyclic) bond motifs is 1. The summed E-state index contributed by atoms with van der Waals surface area (Å²) in [4.78, 5) is 21.2. The van der Waals surface area contributed by atoms with E-state index in [-0.39, 0.29) is 5.91 Å². The quantitative estimate of drug-likeness (QED) is 0.806. The third kappa shape index (κ3) is 3.39. The molecule has 0 bridgehead atoms. The number of pyridine rings is 1. The highest BCUT2D eigenvalue weighted by atomic mass is 16.1. The molecule has 0 unspecified atom stereocenters. The minimum Gasteiger partial charge on any atom is -0.352 e. The largest absolute Gasteiger partial charge is 0.352 e. The summed E-state index contributed by atoms with van der Waals surface area (Å²) in [6, 6.07) is 7.97. The number of nitrogens with one attached hydrogen (secondary N) is 1. The van der Waals surface area contributed by atoms with Crippen LogP contribution in [0.4, 0.5) is 0 Å². The van der Waals surface area contributed by atoms with Crippen LogP contribution in [0.15, 0.2) is 36.8 Å². The number of aromatic nitrogens is 3. The van der Waals surface area contributed by atoms with Crippen LogP contribution in [-0.2, 0) is 13.5 Å². The third-order valence-corrected chi connectivity index (χ3v) is 3.83. The van der Waals surface area contributed by atoms with Crippen LogP contribution in [0.25, 0.3) is 10.9 Å². The van der Waals surface area contributed by atoms with Gasteiger partial charge in [-0.05, 0) is 31.5 Å². The van der Waals surface area contributed by atoms with Crippen molar-refractivity contribution in [3.05, 3.63) is 59.3 Å². The van der Waals surface area contributed by atoms with Crippen molar-refractivity contribution in [2.75, 3.05) is 6.54 Å². The van der Waals surface area contributed by atoms with Gasteiger partial charge in [-0.25, -0.2) is 4.98 Å². The Labute approximate surface area is 135 Å². The molecule has 23 heavy (non-hydrogen) atoms. The van der Waals surface area contributed by atoms with Crippen molar-refractivity contribution in [3.8, 4) is 0 Å². The summed E-state index contributed by atoms with van der Waals surface area (Å²) < 4.78 is 1.90. The Bertz CT molecular complexity index is 867. The number of hydrogen-bond donors (Lipinski definition) is 1. The van der Waals surface area contributed by atoms with E-state index in [1.807, 2.05) is 55.9 Å². The van der Waals surface area contributed by atoms with Gasteiger partial charge in [0.2, 0.25) is 0 Å². The molecule has 118 valence electrons. The van der Waals surface area contributed by atoms with Crippen LogP contribution in [0.2, 0.25) is 0 Å². The number of carbonyl (C=O) groups excluding carboxylic acids is 1. The number of amides is 1. The van der Waals surface area contributed by atoms with Gasteiger partial charge in [0.25, 0.3) is 5.91 Å². The summed E-state index contributed by atoms with van der Waals surface area (Å²) in [6.07, 6.45) is 4.43. The fourth-order valence-electron chi connectivity index (χ4n) is 2.60. The summed E-state index contributed by atoms with van der Waals surface area (Å²) in [6.45, 7) is 4.46. The zero-order valence-corrected chi connectivity index (χ0v) is 13.6. The molecule has 1 aromatic carbocycles. The SMILES string of the molecule is Cc1ccc2cc(C(=O)NCCc3cn(C)cn3)c(C)nc2c1. The highest BCUT2D eigenvalue weighted by Gasteiger charge is 2.11. The van der Waals surface area contributed by atoms with Crippen LogP contribution in [-0.4, -0.2) is 27.0 Å². The van der Waals surface area contributed by atoms with Gasteiger partial charge in [-0.15, -0.1) is 0 Å². The first-order valence-corrected chi connectivity index (χ1v) is 7.66. The van der Waals surface area contributed by atoms with Crippen molar-refractivity contribution in [1.29, 1.82) is 0 Å². The molecule has 0 fully saturated rings. The number of nitrogens with zero attached hydrogens (tertiary/aromatic N) is 3. The maximum atomic E-state index is 12.4. The van der Waals surface area contributed by atoms with E-state index in [0.29, 0.717) is 18.5 Å². The number of rotatable bonds is 4. The number of benzene rings is 1. The maximum Gasteiger partial charge on any atom is 0.253 e. The van der Waals surface area contributed by atoms with Gasteiger partial charge in [0.05, 0.1) is 28.8 Å². The molecule has 0 radical (unpaired) electrons. The zero-order chi connectivity index (χ0) is 16.4. The van der Waals surface area contributed by atoms with Crippen LogP contribution in [0.3, 0.4) is 0 Å². The first-order valence-electron chi connectivity index (χ1n) is 7.66. The normalized spacial score (nSPS) is 10.9. The molecule has 0 spiro atoms. The summed E-state index contributed by atoms with van der Waals surface area (Å²) in [5.41, 5.74) is 4.43. The fourth-order valence-corrected chi connectivity index (χ4v) is 2.60. The summed E-state index contributed by atoms with van der Waals surface area (Å²) in [7, 11) is 1.93. The molecule has 0 saturated heterocycles. The molecule has 3 rings (SSSR count). The number of hydrogen-bond acceptors (Lipinski definition) is 3. The van der Waals surface area contributed by atoms with E-state index in [2.05, 4.69) is 15.3 Å². The van der Waals surface area contributed by atoms with Crippen LogP contribution in [0.5, 0.6) is 0 Å². The Kier molecular flexibility index (Phi) is 4.10. The minimum atomic E-state index is -0.0894. The van der Waals surface area contributed by atoms with Gasteiger partial charge >= 0.3 is 0 Å². The molecule has 0 atom stereocenters. The van der Waals surface area contributed by atoms with Crippen molar-refractivity contribution in [3.63, 3.8) is 0 Å². The molecule has 0 aliphatic carbocycles. The molecule has 0 aliphatic rings. The van der Waals surface area contributed by atoms with E-state index in [9.17, 15) is 4.79 Å². The Morgan fingerprint density at radius 1 is 1.26 bits per heavy atom. The molecular formula is C18H20N4O. The van der Waals surface area contributed by atoms with Crippen molar-refractivity contribution in [1.82, 2.24) is 19.9 Å². The summed E-state index contributed by atoms with van der Waals surface area (Å²) in [5, 5.41) is 3.93. The average molecular weight is 308 g/mol. The molecule has 1 amide bonds. The second-order valence-corrected chi connectivity index (χ2v) is 5.85. The van der Waals surface area contributed by atoms with E-state index in [0.717, 1.165) is 27.9 Å². The Hall–Kier alpha value is -2.69. The topological polar surface area (TPSA) is 59.8 Å². The maximum absolute atomic E-state index is 12.4. The van der Waals surface area contributed by atoms with Gasteiger partial charge in [-0.1, -0.05) is 12.1 Å². The van der Waals surface area contributed by atoms with Gasteiger partial charge in [0.1, 0.15) is 0 Å². The molecular weight excluding hydrogens is 288 g/mol. The number of imidazole rings is 1. The number of aryl methyl sites for hydroxylation is 3. The number of carbonyl (C=O) groups is 1. The van der Waals surface area contributed by atoms with Crippen LogP contribution in [0, 0.1) is 13.8 Å². The predicted molar refractivity (Wildman–Crippen MR) is 90.5 cm³/mol. The molecule has 0 saturated carbocycles. The van der Waals surface area contributed by atoms with Crippen LogP contribution >= 0.6 is 0 Å². The molecule has 1 N–H and O–H groups in total. The molecule has 2 aromatic heterocycles. The molecule has 0 aliphatic heterocycles. The molecule has 5 heteroatoms. The predicted octanol–water partition coefficient (Wildman–Crippen LogP) is 2.56. The van der Waals surface area contributed by atoms with Crippen LogP contribution in [0.1, 0.15) is 27.3 Å². The molecule has 2 heterocycles. The van der Waals surface area contributed by atoms with Crippen molar-refractivity contribution >= 4 is 16.8 Å². The average Bonchev–Trinajstić information content (AvgIpc) is 2.91. The lowest BCUT2D eigenvalue weighted by molar-refractivity contribution is 0.0953. The zero-order valence-electron chi connectivity index (χ0n) is 13.6. The van der Waals surface area contributed by atoms with Gasteiger partial charge in [-0.3, -0.25) is 9.78 Å². The van der Waals surface area contributed by atoms with Crippen molar-refractivity contribution < 1.29 is 4.79 Å². The summed E-state index contributed by atoms with van der Waals surface area (Å²) >= 11 is 0. The highest BCUT2D eigenvalue weighted by molar-refractivity contribution is 5.98. The molecule has 5 nitrogen and oxygen atoms in total. The smallest absolute Gasteiger partial charge is 0.253 e.